The number of nitrogens with zero attached hydrogens (tertiary/aromatic N) is 1. The smallest absolute Gasteiger partial charge is 0.118 e. The van der Waals surface area contributed by atoms with Crippen molar-refractivity contribution in [3.63, 3.8) is 0 Å². The second-order valence-electron chi connectivity index (χ2n) is 6.01. The van der Waals surface area contributed by atoms with Crippen LogP contribution in [0.2, 0.25) is 0 Å². The Morgan fingerprint density at radius 2 is 1.79 bits per heavy atom. The average Bonchev–Trinajstić information content (AvgIpc) is 2.63. The molecule has 0 saturated carbocycles. The molecule has 1 heterocycles. The topological polar surface area (TPSA) is 21.7 Å². The van der Waals surface area contributed by atoms with Gasteiger partial charge in [-0.05, 0) is 35.8 Å². The molecule has 0 aromatic heterocycles. The van der Waals surface area contributed by atoms with Gasteiger partial charge in [0.2, 0.25) is 0 Å². The lowest BCUT2D eigenvalue weighted by Gasteiger charge is -2.33. The van der Waals surface area contributed by atoms with Gasteiger partial charge in [-0.1, -0.05) is 48.5 Å². The highest BCUT2D eigenvalue weighted by Crippen LogP contribution is 2.27. The maximum Gasteiger partial charge on any atom is 0.118 e. The van der Waals surface area contributed by atoms with Gasteiger partial charge in [-0.2, -0.15) is 0 Å². The van der Waals surface area contributed by atoms with Crippen LogP contribution in [0.4, 0.5) is 0 Å². The number of hydrogen-bond donors (Lipinski definition) is 0. The second kappa shape index (κ2) is 8.13. The van der Waals surface area contributed by atoms with E-state index in [1.54, 1.807) is 7.11 Å². The van der Waals surface area contributed by atoms with E-state index in [1.165, 1.54) is 16.7 Å². The first-order valence-electron chi connectivity index (χ1n) is 8.52. The maximum atomic E-state index is 6.03. The number of hydrogen-bond acceptors (Lipinski definition) is 3. The molecule has 1 atom stereocenters. The van der Waals surface area contributed by atoms with Gasteiger partial charge < -0.3 is 9.47 Å². The summed E-state index contributed by atoms with van der Waals surface area (Å²) in [6.07, 6.45) is 2.41. The first-order valence-corrected chi connectivity index (χ1v) is 8.52. The Morgan fingerprint density at radius 1 is 1.04 bits per heavy atom. The van der Waals surface area contributed by atoms with Crippen molar-refractivity contribution in [2.24, 2.45) is 0 Å². The van der Waals surface area contributed by atoms with Crippen molar-refractivity contribution in [2.45, 2.75) is 19.6 Å². The molecule has 3 rings (SSSR count). The van der Waals surface area contributed by atoms with Gasteiger partial charge in [-0.25, -0.2) is 0 Å². The lowest BCUT2D eigenvalue weighted by molar-refractivity contribution is 0.0654. The van der Waals surface area contributed by atoms with Gasteiger partial charge in [-0.15, -0.1) is 0 Å². The van der Waals surface area contributed by atoms with Crippen LogP contribution in [0.5, 0.6) is 5.75 Å². The van der Waals surface area contributed by atoms with E-state index in [0.29, 0.717) is 0 Å². The summed E-state index contributed by atoms with van der Waals surface area (Å²) in [6.45, 7) is 5.59. The minimum absolute atomic E-state index is 0.112. The molecule has 0 saturated heterocycles. The molecule has 1 aliphatic rings. The van der Waals surface area contributed by atoms with E-state index in [1.807, 2.05) is 12.1 Å². The predicted octanol–water partition coefficient (Wildman–Crippen LogP) is 4.00. The van der Waals surface area contributed by atoms with Crippen LogP contribution in [0, 0.1) is 0 Å². The lowest BCUT2D eigenvalue weighted by Crippen LogP contribution is -2.38. The molecule has 0 aliphatic carbocycles. The van der Waals surface area contributed by atoms with E-state index < -0.39 is 0 Å². The monoisotopic (exact) mass is 323 g/mol. The van der Waals surface area contributed by atoms with E-state index in [9.17, 15) is 0 Å². The normalized spacial score (nSPS) is 18.2. The number of benzene rings is 2. The SMILES string of the molecule is CCO[C@@H]1CN(Cc2ccccc2)CC=C1c1ccc(OC)cc1. The lowest BCUT2D eigenvalue weighted by atomic mass is 9.96. The molecule has 0 bridgehead atoms. The standard InChI is InChI=1S/C21H25NO2/c1-3-24-21-16-22(15-17-7-5-4-6-8-17)14-13-20(21)18-9-11-19(23-2)12-10-18/h4-13,21H,3,14-16H2,1-2H3/t21-/m1/s1. The minimum atomic E-state index is 0.112. The summed E-state index contributed by atoms with van der Waals surface area (Å²) in [7, 11) is 1.69. The fourth-order valence-corrected chi connectivity index (χ4v) is 3.17. The first kappa shape index (κ1) is 16.7. The fraction of sp³-hybridized carbons (Fsp3) is 0.333. The summed E-state index contributed by atoms with van der Waals surface area (Å²) in [4.78, 5) is 2.43. The molecule has 0 unspecified atom stereocenters. The Morgan fingerprint density at radius 3 is 2.46 bits per heavy atom. The Hall–Kier alpha value is -2.10. The number of methoxy groups -OCH3 is 1. The number of rotatable bonds is 6. The summed E-state index contributed by atoms with van der Waals surface area (Å²) < 4.78 is 11.3. The molecule has 0 radical (unpaired) electrons. The maximum absolute atomic E-state index is 6.03. The van der Waals surface area contributed by atoms with Crippen molar-refractivity contribution < 1.29 is 9.47 Å². The highest BCUT2D eigenvalue weighted by molar-refractivity contribution is 5.70. The molecule has 0 N–H and O–H groups in total. The molecular weight excluding hydrogens is 298 g/mol. The third kappa shape index (κ3) is 4.05. The van der Waals surface area contributed by atoms with Crippen LogP contribution in [-0.2, 0) is 11.3 Å². The van der Waals surface area contributed by atoms with E-state index in [0.717, 1.165) is 32.0 Å². The van der Waals surface area contributed by atoms with Gasteiger partial charge in [-0.3, -0.25) is 4.90 Å². The zero-order valence-electron chi connectivity index (χ0n) is 14.4. The molecule has 3 nitrogen and oxygen atoms in total. The van der Waals surface area contributed by atoms with Gasteiger partial charge in [0, 0.05) is 26.2 Å². The van der Waals surface area contributed by atoms with Crippen molar-refractivity contribution in [1.29, 1.82) is 0 Å². The van der Waals surface area contributed by atoms with Gasteiger partial charge >= 0.3 is 0 Å². The molecule has 2 aromatic carbocycles. The van der Waals surface area contributed by atoms with Gasteiger partial charge in [0.25, 0.3) is 0 Å². The van der Waals surface area contributed by atoms with Crippen molar-refractivity contribution in [2.75, 3.05) is 26.8 Å². The zero-order chi connectivity index (χ0) is 16.8. The van der Waals surface area contributed by atoms with Crippen molar-refractivity contribution in [3.8, 4) is 5.75 Å². The number of ether oxygens (including phenoxy) is 2. The van der Waals surface area contributed by atoms with Gasteiger partial charge in [0.15, 0.2) is 0 Å². The van der Waals surface area contributed by atoms with Crippen LogP contribution in [0.3, 0.4) is 0 Å². The van der Waals surface area contributed by atoms with Crippen LogP contribution in [0.1, 0.15) is 18.1 Å². The highest BCUT2D eigenvalue weighted by Gasteiger charge is 2.24. The van der Waals surface area contributed by atoms with Crippen LogP contribution >= 0.6 is 0 Å². The van der Waals surface area contributed by atoms with Crippen LogP contribution < -0.4 is 4.74 Å². The fourth-order valence-electron chi connectivity index (χ4n) is 3.17. The molecule has 1 aliphatic heterocycles. The third-order valence-corrected chi connectivity index (χ3v) is 4.38. The molecular formula is C21H25NO2. The average molecular weight is 323 g/mol. The molecule has 0 spiro atoms. The molecule has 0 fully saturated rings. The van der Waals surface area contributed by atoms with E-state index in [4.69, 9.17) is 9.47 Å². The summed E-state index contributed by atoms with van der Waals surface area (Å²) in [5, 5.41) is 0. The van der Waals surface area contributed by atoms with Crippen molar-refractivity contribution >= 4 is 5.57 Å². The Balaban J connectivity index is 1.76. The zero-order valence-corrected chi connectivity index (χ0v) is 14.4. The Labute approximate surface area is 144 Å². The Kier molecular flexibility index (Phi) is 5.68. The van der Waals surface area contributed by atoms with Crippen LogP contribution in [-0.4, -0.2) is 37.8 Å². The van der Waals surface area contributed by atoms with Gasteiger partial charge in [0.1, 0.15) is 5.75 Å². The summed E-state index contributed by atoms with van der Waals surface area (Å²) >= 11 is 0. The van der Waals surface area contributed by atoms with Crippen molar-refractivity contribution in [1.82, 2.24) is 4.90 Å². The predicted molar refractivity (Wildman–Crippen MR) is 98.1 cm³/mol. The molecule has 126 valence electrons. The quantitative estimate of drug-likeness (QED) is 0.802. The molecule has 0 amide bonds. The highest BCUT2D eigenvalue weighted by atomic mass is 16.5. The third-order valence-electron chi connectivity index (χ3n) is 4.38. The van der Waals surface area contributed by atoms with E-state index in [2.05, 4.69) is 60.4 Å². The summed E-state index contributed by atoms with van der Waals surface area (Å²) in [6, 6.07) is 18.9. The second-order valence-corrected chi connectivity index (χ2v) is 6.01. The van der Waals surface area contributed by atoms with Crippen LogP contribution in [0.15, 0.2) is 60.7 Å². The molecule has 3 heteroatoms. The van der Waals surface area contributed by atoms with Gasteiger partial charge in [0.05, 0.1) is 13.2 Å². The largest absolute Gasteiger partial charge is 0.497 e. The van der Waals surface area contributed by atoms with E-state index >= 15 is 0 Å². The summed E-state index contributed by atoms with van der Waals surface area (Å²) in [5.74, 6) is 0.883. The van der Waals surface area contributed by atoms with E-state index in [-0.39, 0.29) is 6.10 Å². The molecule has 24 heavy (non-hydrogen) atoms. The molecule has 2 aromatic rings. The van der Waals surface area contributed by atoms with Crippen molar-refractivity contribution in [3.05, 3.63) is 71.8 Å². The Bertz CT molecular complexity index is 664. The van der Waals surface area contributed by atoms with Crippen LogP contribution in [0.25, 0.3) is 5.57 Å². The summed E-state index contributed by atoms with van der Waals surface area (Å²) in [5.41, 5.74) is 3.84. The minimum Gasteiger partial charge on any atom is -0.497 e. The first-order chi connectivity index (χ1) is 11.8.